The molecular weight excluding hydrogens is 342 g/mol. The van der Waals surface area contributed by atoms with Crippen molar-refractivity contribution in [3.8, 4) is 0 Å². The fourth-order valence-electron chi connectivity index (χ4n) is 4.08. The Morgan fingerprint density at radius 2 is 1.78 bits per heavy atom. The van der Waals surface area contributed by atoms with Gasteiger partial charge in [-0.1, -0.05) is 49.6 Å². The quantitative estimate of drug-likeness (QED) is 0.850. The number of imide groups is 1. The van der Waals surface area contributed by atoms with E-state index in [2.05, 4.69) is 5.32 Å². The van der Waals surface area contributed by atoms with Crippen molar-refractivity contribution in [2.75, 3.05) is 18.5 Å². The molecule has 0 unspecified atom stereocenters. The largest absolute Gasteiger partial charge is 0.325 e. The summed E-state index contributed by atoms with van der Waals surface area (Å²) in [6.45, 7) is -0.240. The zero-order valence-electron chi connectivity index (χ0n) is 15.4. The van der Waals surface area contributed by atoms with Gasteiger partial charge in [0.25, 0.3) is 5.91 Å². The summed E-state index contributed by atoms with van der Waals surface area (Å²) >= 11 is 0. The predicted octanol–water partition coefficient (Wildman–Crippen LogP) is 3.06. The average molecular weight is 365 g/mol. The lowest BCUT2D eigenvalue weighted by atomic mass is 9.82. The summed E-state index contributed by atoms with van der Waals surface area (Å²) < 4.78 is 0. The van der Waals surface area contributed by atoms with Gasteiger partial charge >= 0.3 is 6.03 Å². The van der Waals surface area contributed by atoms with Crippen LogP contribution in [0.3, 0.4) is 0 Å². The maximum Gasteiger partial charge on any atom is 0.325 e. The van der Waals surface area contributed by atoms with E-state index >= 15 is 0 Å². The molecule has 6 nitrogen and oxygen atoms in total. The van der Waals surface area contributed by atoms with E-state index in [4.69, 9.17) is 0 Å². The molecule has 0 aromatic heterocycles. The van der Waals surface area contributed by atoms with Crippen LogP contribution >= 0.6 is 0 Å². The van der Waals surface area contributed by atoms with Gasteiger partial charge in [-0.2, -0.15) is 0 Å². The smallest absolute Gasteiger partial charge is 0.323 e. The standard InChI is InChI=1S/C21H23N3O3/c1-23(17-10-9-15-7-3-4-8-16(15)13-17)18(25)14-24-19(26)21(22-20(24)27)11-5-2-6-12-21/h3-4,7-10,13H,2,5-6,11-12,14H2,1H3,(H,22,27). The number of nitrogens with zero attached hydrogens (tertiary/aromatic N) is 2. The lowest BCUT2D eigenvalue weighted by Crippen LogP contribution is -2.49. The van der Waals surface area contributed by atoms with Gasteiger partial charge in [-0.3, -0.25) is 14.5 Å². The van der Waals surface area contributed by atoms with Crippen molar-refractivity contribution < 1.29 is 14.4 Å². The van der Waals surface area contributed by atoms with Gasteiger partial charge in [-0.15, -0.1) is 0 Å². The molecule has 1 heterocycles. The summed E-state index contributed by atoms with van der Waals surface area (Å²) in [5.74, 6) is -0.547. The molecule has 0 bridgehead atoms. The van der Waals surface area contributed by atoms with Crippen LogP contribution in [0.1, 0.15) is 32.1 Å². The van der Waals surface area contributed by atoms with Gasteiger partial charge in [-0.25, -0.2) is 4.79 Å². The van der Waals surface area contributed by atoms with E-state index in [9.17, 15) is 14.4 Å². The normalized spacial score (nSPS) is 18.8. The summed E-state index contributed by atoms with van der Waals surface area (Å²) in [5.41, 5.74) is -0.0601. The number of urea groups is 1. The fourth-order valence-corrected chi connectivity index (χ4v) is 4.08. The molecule has 1 N–H and O–H groups in total. The van der Waals surface area contributed by atoms with E-state index in [0.29, 0.717) is 12.8 Å². The maximum atomic E-state index is 12.8. The monoisotopic (exact) mass is 365 g/mol. The molecule has 140 valence electrons. The van der Waals surface area contributed by atoms with E-state index in [1.54, 1.807) is 7.05 Å². The van der Waals surface area contributed by atoms with Crippen LogP contribution < -0.4 is 10.2 Å². The molecule has 1 spiro atoms. The van der Waals surface area contributed by atoms with Gasteiger partial charge in [0.05, 0.1) is 0 Å². The Labute approximate surface area is 158 Å². The highest BCUT2D eigenvalue weighted by Gasteiger charge is 2.51. The maximum absolute atomic E-state index is 12.8. The minimum absolute atomic E-state index is 0.240. The molecule has 0 radical (unpaired) electrons. The molecule has 27 heavy (non-hydrogen) atoms. The number of hydrogen-bond acceptors (Lipinski definition) is 3. The zero-order valence-corrected chi connectivity index (χ0v) is 15.4. The van der Waals surface area contributed by atoms with Crippen LogP contribution in [0.25, 0.3) is 10.8 Å². The van der Waals surface area contributed by atoms with Crippen molar-refractivity contribution in [3.63, 3.8) is 0 Å². The lowest BCUT2D eigenvalue weighted by Gasteiger charge is -2.30. The van der Waals surface area contributed by atoms with E-state index in [-0.39, 0.29) is 18.4 Å². The van der Waals surface area contributed by atoms with Crippen molar-refractivity contribution >= 4 is 34.3 Å². The third-order valence-electron chi connectivity index (χ3n) is 5.74. The number of carbonyl (C=O) groups is 3. The molecule has 2 aliphatic rings. The summed E-state index contributed by atoms with van der Waals surface area (Å²) in [6, 6.07) is 13.2. The highest BCUT2D eigenvalue weighted by Crippen LogP contribution is 2.33. The van der Waals surface area contributed by atoms with Crippen molar-refractivity contribution in [3.05, 3.63) is 42.5 Å². The first-order valence-electron chi connectivity index (χ1n) is 9.40. The number of nitrogens with one attached hydrogen (secondary N) is 1. The van der Waals surface area contributed by atoms with Crippen LogP contribution in [-0.4, -0.2) is 41.9 Å². The third kappa shape index (κ3) is 3.05. The number of amides is 4. The molecule has 2 aromatic carbocycles. The summed E-state index contributed by atoms with van der Waals surface area (Å²) in [4.78, 5) is 40.5. The summed E-state index contributed by atoms with van der Waals surface area (Å²) in [6.07, 6.45) is 4.23. The highest BCUT2D eigenvalue weighted by atomic mass is 16.2. The molecule has 1 aliphatic heterocycles. The summed E-state index contributed by atoms with van der Waals surface area (Å²) in [7, 11) is 1.67. The fraction of sp³-hybridized carbons (Fsp3) is 0.381. The Morgan fingerprint density at radius 1 is 1.07 bits per heavy atom. The first kappa shape index (κ1) is 17.5. The van der Waals surface area contributed by atoms with Gasteiger partial charge in [0.2, 0.25) is 5.91 Å². The third-order valence-corrected chi connectivity index (χ3v) is 5.74. The zero-order chi connectivity index (χ0) is 19.0. The Morgan fingerprint density at radius 3 is 2.52 bits per heavy atom. The van der Waals surface area contributed by atoms with Crippen LogP contribution in [0, 0.1) is 0 Å². The SMILES string of the molecule is CN(C(=O)CN1C(=O)NC2(CCCCC2)C1=O)c1ccc2ccccc2c1. The molecular formula is C21H23N3O3. The number of rotatable bonds is 3. The van der Waals surface area contributed by atoms with Crippen molar-refractivity contribution in [2.45, 2.75) is 37.6 Å². The Hall–Kier alpha value is -2.89. The van der Waals surface area contributed by atoms with Crippen molar-refractivity contribution in [2.24, 2.45) is 0 Å². The topological polar surface area (TPSA) is 69.7 Å². The number of benzene rings is 2. The Balaban J connectivity index is 1.50. The molecule has 6 heteroatoms. The van der Waals surface area contributed by atoms with Crippen LogP contribution in [0.4, 0.5) is 10.5 Å². The average Bonchev–Trinajstić information content (AvgIpc) is 2.91. The molecule has 2 aromatic rings. The second-order valence-electron chi connectivity index (χ2n) is 7.45. The van der Waals surface area contributed by atoms with Crippen LogP contribution in [-0.2, 0) is 9.59 Å². The van der Waals surface area contributed by atoms with Gasteiger partial charge in [-0.05, 0) is 35.7 Å². The molecule has 2 fully saturated rings. The Bertz CT molecular complexity index is 918. The number of likely N-dealkylation sites (N-methyl/N-ethyl adjacent to an activating group) is 1. The molecule has 0 atom stereocenters. The van der Waals surface area contributed by atoms with Crippen molar-refractivity contribution in [1.29, 1.82) is 0 Å². The Kier molecular flexibility index (Phi) is 4.34. The van der Waals surface area contributed by atoms with Gasteiger partial charge < -0.3 is 10.2 Å². The second-order valence-corrected chi connectivity index (χ2v) is 7.45. The van der Waals surface area contributed by atoms with E-state index in [0.717, 1.165) is 40.6 Å². The van der Waals surface area contributed by atoms with Gasteiger partial charge in [0.1, 0.15) is 12.1 Å². The number of anilines is 1. The number of hydrogen-bond donors (Lipinski definition) is 1. The molecule has 4 amide bonds. The van der Waals surface area contributed by atoms with Gasteiger partial charge in [0.15, 0.2) is 0 Å². The van der Waals surface area contributed by atoms with Crippen LogP contribution in [0.2, 0.25) is 0 Å². The van der Waals surface area contributed by atoms with E-state index < -0.39 is 11.6 Å². The minimum atomic E-state index is -0.795. The van der Waals surface area contributed by atoms with Crippen molar-refractivity contribution in [1.82, 2.24) is 10.2 Å². The summed E-state index contributed by atoms with van der Waals surface area (Å²) in [5, 5.41) is 4.97. The molecule has 1 saturated carbocycles. The van der Waals surface area contributed by atoms with Crippen LogP contribution in [0.15, 0.2) is 42.5 Å². The van der Waals surface area contributed by atoms with E-state index in [1.165, 1.54) is 4.90 Å². The first-order valence-corrected chi connectivity index (χ1v) is 9.40. The highest BCUT2D eigenvalue weighted by molar-refractivity contribution is 6.10. The number of fused-ring (bicyclic) bond motifs is 1. The lowest BCUT2D eigenvalue weighted by molar-refractivity contribution is -0.135. The van der Waals surface area contributed by atoms with Crippen LogP contribution in [0.5, 0.6) is 0 Å². The van der Waals surface area contributed by atoms with E-state index in [1.807, 2.05) is 42.5 Å². The minimum Gasteiger partial charge on any atom is -0.323 e. The predicted molar refractivity (Wildman–Crippen MR) is 103 cm³/mol. The number of carbonyl (C=O) groups excluding carboxylic acids is 3. The second kappa shape index (κ2) is 6.68. The molecule has 4 rings (SSSR count). The molecule has 1 aliphatic carbocycles. The van der Waals surface area contributed by atoms with Gasteiger partial charge in [0, 0.05) is 12.7 Å². The molecule has 1 saturated heterocycles. The first-order chi connectivity index (χ1) is 13.0.